The van der Waals surface area contributed by atoms with E-state index in [1.165, 1.54) is 58.4 Å². The Morgan fingerprint density at radius 3 is 2.11 bits per heavy atom. The molecule has 2 saturated heterocycles. The number of hydrogen-bond acceptors (Lipinski definition) is 2. The maximum Gasteiger partial charge on any atom is 0.00506 e. The van der Waals surface area contributed by atoms with Crippen molar-refractivity contribution in [1.82, 2.24) is 9.80 Å². The first-order valence-electron chi connectivity index (χ1n) is 8.06. The molecular formula is C16H32N2. The molecule has 0 atom stereocenters. The van der Waals surface area contributed by atoms with E-state index in [-0.39, 0.29) is 0 Å². The molecule has 1 aliphatic carbocycles. The van der Waals surface area contributed by atoms with E-state index in [4.69, 9.17) is 0 Å². The molecule has 1 saturated carbocycles. The van der Waals surface area contributed by atoms with Gasteiger partial charge in [-0.1, -0.05) is 33.6 Å². The molecule has 3 fully saturated rings. The summed E-state index contributed by atoms with van der Waals surface area (Å²) in [4.78, 5) is 5.15. The van der Waals surface area contributed by atoms with Gasteiger partial charge in [0, 0.05) is 32.7 Å². The van der Waals surface area contributed by atoms with Crippen molar-refractivity contribution in [3.8, 4) is 0 Å². The van der Waals surface area contributed by atoms with E-state index in [0.717, 1.165) is 17.3 Å². The summed E-state index contributed by atoms with van der Waals surface area (Å²) in [6.45, 7) is 13.3. The minimum atomic E-state index is 0.766. The van der Waals surface area contributed by atoms with E-state index in [1.54, 1.807) is 0 Å². The highest BCUT2D eigenvalue weighted by Gasteiger charge is 2.45. The van der Waals surface area contributed by atoms with E-state index in [1.807, 2.05) is 13.8 Å². The molecule has 106 valence electrons. The third kappa shape index (κ3) is 3.08. The van der Waals surface area contributed by atoms with Crippen LogP contribution in [0.1, 0.15) is 46.5 Å². The molecule has 2 heterocycles. The average Bonchev–Trinajstić information content (AvgIpc) is 2.30. The molecule has 0 unspecified atom stereocenters. The van der Waals surface area contributed by atoms with Gasteiger partial charge in [-0.05, 0) is 37.1 Å². The lowest BCUT2D eigenvalue weighted by Gasteiger charge is -2.55. The molecule has 0 aromatic rings. The number of nitrogens with zero attached hydrogens (tertiary/aromatic N) is 2. The Morgan fingerprint density at radius 1 is 1.06 bits per heavy atom. The zero-order valence-electron chi connectivity index (χ0n) is 12.9. The van der Waals surface area contributed by atoms with Crippen LogP contribution in [0, 0.1) is 17.3 Å². The zero-order chi connectivity index (χ0) is 13.2. The van der Waals surface area contributed by atoms with E-state index >= 15 is 0 Å². The molecule has 1 spiro atoms. The Kier molecular flexibility index (Phi) is 4.71. The summed E-state index contributed by atoms with van der Waals surface area (Å²) in [6, 6.07) is 0. The second-order valence-electron chi connectivity index (χ2n) is 6.94. The Morgan fingerprint density at radius 2 is 1.61 bits per heavy atom. The number of hydrogen-bond donors (Lipinski definition) is 0. The van der Waals surface area contributed by atoms with Crippen molar-refractivity contribution in [3.63, 3.8) is 0 Å². The molecule has 0 N–H and O–H groups in total. The SMILES string of the molecule is CC.CC1CCC2(CC1)CN(CC1CN(C)C1)C2. The van der Waals surface area contributed by atoms with Gasteiger partial charge in [-0.25, -0.2) is 0 Å². The molecule has 0 aromatic heterocycles. The summed E-state index contributed by atoms with van der Waals surface area (Å²) in [5, 5.41) is 0. The molecule has 2 heteroatoms. The molecule has 0 amide bonds. The van der Waals surface area contributed by atoms with Gasteiger partial charge in [0.25, 0.3) is 0 Å². The Balaban J connectivity index is 0.000000574. The lowest BCUT2D eigenvalue weighted by Crippen LogP contribution is -2.61. The van der Waals surface area contributed by atoms with Crippen LogP contribution in [0.25, 0.3) is 0 Å². The van der Waals surface area contributed by atoms with Gasteiger partial charge in [-0.3, -0.25) is 0 Å². The summed E-state index contributed by atoms with van der Waals surface area (Å²) in [6.07, 6.45) is 5.99. The molecule has 0 radical (unpaired) electrons. The monoisotopic (exact) mass is 252 g/mol. The van der Waals surface area contributed by atoms with E-state index in [9.17, 15) is 0 Å². The fourth-order valence-corrected chi connectivity index (χ4v) is 4.03. The molecule has 18 heavy (non-hydrogen) atoms. The van der Waals surface area contributed by atoms with E-state index < -0.39 is 0 Å². The fraction of sp³-hybridized carbons (Fsp3) is 1.00. The van der Waals surface area contributed by atoms with Gasteiger partial charge in [0.05, 0.1) is 0 Å². The van der Waals surface area contributed by atoms with Crippen LogP contribution in [0.15, 0.2) is 0 Å². The first-order valence-corrected chi connectivity index (χ1v) is 8.06. The van der Waals surface area contributed by atoms with Crippen molar-refractivity contribution in [2.45, 2.75) is 46.5 Å². The summed E-state index contributed by atoms with van der Waals surface area (Å²) in [5.74, 6) is 1.98. The van der Waals surface area contributed by atoms with Gasteiger partial charge in [-0.2, -0.15) is 0 Å². The van der Waals surface area contributed by atoms with Crippen molar-refractivity contribution in [2.24, 2.45) is 17.3 Å². The zero-order valence-corrected chi connectivity index (χ0v) is 12.9. The topological polar surface area (TPSA) is 6.48 Å². The maximum atomic E-state index is 2.72. The van der Waals surface area contributed by atoms with Gasteiger partial charge in [0.1, 0.15) is 0 Å². The van der Waals surface area contributed by atoms with Crippen molar-refractivity contribution in [2.75, 3.05) is 39.8 Å². The van der Waals surface area contributed by atoms with Gasteiger partial charge in [-0.15, -0.1) is 0 Å². The lowest BCUT2D eigenvalue weighted by molar-refractivity contribution is -0.0570. The molecule has 0 aromatic carbocycles. The first-order chi connectivity index (χ1) is 8.65. The number of rotatable bonds is 2. The predicted octanol–water partition coefficient (Wildman–Crippen LogP) is 3.09. The van der Waals surface area contributed by atoms with E-state index in [2.05, 4.69) is 23.8 Å². The minimum Gasteiger partial charge on any atom is -0.306 e. The third-order valence-electron chi connectivity index (χ3n) is 5.11. The van der Waals surface area contributed by atoms with Crippen molar-refractivity contribution in [1.29, 1.82) is 0 Å². The van der Waals surface area contributed by atoms with Gasteiger partial charge in [0.2, 0.25) is 0 Å². The fourth-order valence-electron chi connectivity index (χ4n) is 4.03. The summed E-state index contributed by atoms with van der Waals surface area (Å²) >= 11 is 0. The van der Waals surface area contributed by atoms with Crippen LogP contribution in [-0.4, -0.2) is 49.6 Å². The standard InChI is InChI=1S/C14H26N2.C2H6/c1-12-3-5-14(6-4-12)10-16(11-14)9-13-7-15(2)8-13;1-2/h12-13H,3-11H2,1-2H3;1-2H3. The Labute approximate surface area is 114 Å². The van der Waals surface area contributed by atoms with Crippen molar-refractivity contribution in [3.05, 3.63) is 0 Å². The minimum absolute atomic E-state index is 0.766. The molecule has 3 rings (SSSR count). The quantitative estimate of drug-likeness (QED) is 0.745. The van der Waals surface area contributed by atoms with Crippen molar-refractivity contribution >= 4 is 0 Å². The summed E-state index contributed by atoms with van der Waals surface area (Å²) in [5.41, 5.74) is 0.766. The summed E-state index contributed by atoms with van der Waals surface area (Å²) < 4.78 is 0. The second kappa shape index (κ2) is 5.92. The molecule has 3 aliphatic rings. The van der Waals surface area contributed by atoms with Gasteiger partial charge >= 0.3 is 0 Å². The highest BCUT2D eigenvalue weighted by Crippen LogP contribution is 2.45. The summed E-state index contributed by atoms with van der Waals surface area (Å²) in [7, 11) is 2.23. The highest BCUT2D eigenvalue weighted by molar-refractivity contribution is 4.98. The molecule has 2 nitrogen and oxygen atoms in total. The van der Waals surface area contributed by atoms with Crippen LogP contribution >= 0.6 is 0 Å². The highest BCUT2D eigenvalue weighted by atomic mass is 15.2. The van der Waals surface area contributed by atoms with Gasteiger partial charge in [0.15, 0.2) is 0 Å². The molecule has 0 bridgehead atoms. The van der Waals surface area contributed by atoms with Gasteiger partial charge < -0.3 is 9.80 Å². The molecular weight excluding hydrogens is 220 g/mol. The average molecular weight is 252 g/mol. The van der Waals surface area contributed by atoms with E-state index in [0.29, 0.717) is 0 Å². The predicted molar refractivity (Wildman–Crippen MR) is 78.8 cm³/mol. The van der Waals surface area contributed by atoms with Crippen LogP contribution in [0.5, 0.6) is 0 Å². The van der Waals surface area contributed by atoms with Crippen LogP contribution in [-0.2, 0) is 0 Å². The van der Waals surface area contributed by atoms with Crippen LogP contribution in [0.3, 0.4) is 0 Å². The second-order valence-corrected chi connectivity index (χ2v) is 6.94. The molecule has 2 aliphatic heterocycles. The first kappa shape index (κ1) is 14.3. The third-order valence-corrected chi connectivity index (χ3v) is 5.11. The number of likely N-dealkylation sites (tertiary alicyclic amines) is 2. The Hall–Kier alpha value is -0.0800. The van der Waals surface area contributed by atoms with Crippen LogP contribution < -0.4 is 0 Å². The van der Waals surface area contributed by atoms with Crippen LogP contribution in [0.4, 0.5) is 0 Å². The largest absolute Gasteiger partial charge is 0.306 e. The van der Waals surface area contributed by atoms with Crippen molar-refractivity contribution < 1.29 is 0 Å². The Bertz CT molecular complexity index is 242. The smallest absolute Gasteiger partial charge is 0.00506 e. The normalized spacial score (nSPS) is 29.3. The lowest BCUT2D eigenvalue weighted by atomic mass is 9.66. The van der Waals surface area contributed by atoms with Crippen LogP contribution in [0.2, 0.25) is 0 Å². The maximum absolute atomic E-state index is 2.72.